The zero-order valence-electron chi connectivity index (χ0n) is 19.8. The Balaban J connectivity index is 1.77. The van der Waals surface area contributed by atoms with E-state index in [9.17, 15) is 0 Å². The van der Waals surface area contributed by atoms with Gasteiger partial charge in [-0.3, -0.25) is 0 Å². The minimum absolute atomic E-state index is 0.184. The summed E-state index contributed by atoms with van der Waals surface area (Å²) in [7, 11) is 4.22. The minimum atomic E-state index is -0.184. The van der Waals surface area contributed by atoms with Crippen molar-refractivity contribution < 1.29 is 0 Å². The monoisotopic (exact) mass is 442 g/mol. The summed E-state index contributed by atoms with van der Waals surface area (Å²) in [4.78, 5) is 0. The SMILES string of the molecule is CNCC12c3ccccc3C(c3ccccc31)C1(CNC)c3ccccc3C2c2ccccc21. The first-order valence-corrected chi connectivity index (χ1v) is 12.5. The van der Waals surface area contributed by atoms with Gasteiger partial charge in [-0.05, 0) is 58.6 Å². The van der Waals surface area contributed by atoms with Gasteiger partial charge in [-0.15, -0.1) is 0 Å². The zero-order valence-corrected chi connectivity index (χ0v) is 19.8. The van der Waals surface area contributed by atoms with Crippen molar-refractivity contribution in [1.29, 1.82) is 0 Å². The van der Waals surface area contributed by atoms with Gasteiger partial charge in [-0.1, -0.05) is 97.1 Å². The highest BCUT2D eigenvalue weighted by atomic mass is 14.9. The molecule has 0 radical (unpaired) electrons. The Kier molecular flexibility index (Phi) is 4.25. The molecule has 0 saturated carbocycles. The van der Waals surface area contributed by atoms with Crippen molar-refractivity contribution in [2.45, 2.75) is 22.7 Å². The quantitative estimate of drug-likeness (QED) is 0.448. The van der Waals surface area contributed by atoms with Crippen molar-refractivity contribution in [3.05, 3.63) is 142 Å². The first-order valence-electron chi connectivity index (χ1n) is 12.5. The van der Waals surface area contributed by atoms with Crippen LogP contribution in [0.25, 0.3) is 0 Å². The molecule has 0 saturated heterocycles. The molecule has 10 rings (SSSR count). The van der Waals surface area contributed by atoms with Crippen molar-refractivity contribution in [1.82, 2.24) is 10.6 Å². The molecule has 0 spiro atoms. The van der Waals surface area contributed by atoms with Crippen LogP contribution in [0.5, 0.6) is 0 Å². The van der Waals surface area contributed by atoms with Crippen LogP contribution in [-0.4, -0.2) is 27.2 Å². The topological polar surface area (TPSA) is 24.1 Å². The van der Waals surface area contributed by atoms with Crippen molar-refractivity contribution >= 4 is 0 Å². The van der Waals surface area contributed by atoms with Crippen LogP contribution in [0.3, 0.4) is 0 Å². The van der Waals surface area contributed by atoms with Crippen molar-refractivity contribution in [2.24, 2.45) is 0 Å². The molecule has 2 nitrogen and oxygen atoms in total. The molecule has 4 aromatic rings. The fraction of sp³-hybridized carbons (Fsp3) is 0.250. The number of hydrogen-bond acceptors (Lipinski definition) is 2. The van der Waals surface area contributed by atoms with Gasteiger partial charge in [-0.2, -0.15) is 0 Å². The second kappa shape index (κ2) is 7.15. The van der Waals surface area contributed by atoms with Crippen LogP contribution in [0.2, 0.25) is 0 Å². The summed E-state index contributed by atoms with van der Waals surface area (Å²) in [5.41, 5.74) is 11.5. The van der Waals surface area contributed by atoms with Crippen LogP contribution in [-0.2, 0) is 10.8 Å². The van der Waals surface area contributed by atoms with Gasteiger partial charge in [0, 0.05) is 35.8 Å². The van der Waals surface area contributed by atoms with Crippen molar-refractivity contribution in [2.75, 3.05) is 27.2 Å². The summed E-state index contributed by atoms with van der Waals surface area (Å²) >= 11 is 0. The Morgan fingerprint density at radius 1 is 0.471 bits per heavy atom. The molecule has 0 amide bonds. The highest BCUT2D eigenvalue weighted by Crippen LogP contribution is 2.67. The maximum Gasteiger partial charge on any atom is 0.0442 e. The van der Waals surface area contributed by atoms with E-state index in [2.05, 4.69) is 122 Å². The second-order valence-corrected chi connectivity index (χ2v) is 10.2. The molecular weight excluding hydrogens is 412 g/mol. The molecule has 0 fully saturated rings. The molecule has 2 N–H and O–H groups in total. The van der Waals surface area contributed by atoms with E-state index in [0.717, 1.165) is 13.1 Å². The third kappa shape index (κ3) is 2.19. The number of rotatable bonds is 4. The highest BCUT2D eigenvalue weighted by molar-refractivity contribution is 5.73. The lowest BCUT2D eigenvalue weighted by molar-refractivity contribution is 0.320. The average Bonchev–Trinajstić information content (AvgIpc) is 2.88. The van der Waals surface area contributed by atoms with E-state index in [-0.39, 0.29) is 22.7 Å². The van der Waals surface area contributed by atoms with Gasteiger partial charge >= 0.3 is 0 Å². The normalized spacial score (nSPS) is 27.2. The van der Waals surface area contributed by atoms with Gasteiger partial charge in [0.2, 0.25) is 0 Å². The molecule has 4 aromatic carbocycles. The second-order valence-electron chi connectivity index (χ2n) is 10.2. The maximum absolute atomic E-state index is 3.65. The van der Waals surface area contributed by atoms with Gasteiger partial charge in [0.25, 0.3) is 0 Å². The predicted octanol–water partition coefficient (Wildman–Crippen LogP) is 5.30. The zero-order chi connectivity index (χ0) is 22.9. The van der Waals surface area contributed by atoms with Crippen LogP contribution in [0, 0.1) is 0 Å². The van der Waals surface area contributed by atoms with E-state index < -0.39 is 0 Å². The Morgan fingerprint density at radius 2 is 0.735 bits per heavy atom. The summed E-state index contributed by atoms with van der Waals surface area (Å²) in [6.45, 7) is 1.78. The molecule has 6 aliphatic carbocycles. The molecule has 2 heteroatoms. The van der Waals surface area contributed by atoms with E-state index >= 15 is 0 Å². The van der Waals surface area contributed by atoms with Gasteiger partial charge in [0.15, 0.2) is 0 Å². The molecule has 6 aliphatic rings. The summed E-state index contributed by atoms with van der Waals surface area (Å²) in [6, 6.07) is 37.2. The number of hydrogen-bond donors (Lipinski definition) is 2. The largest absolute Gasteiger partial charge is 0.318 e. The van der Waals surface area contributed by atoms with Crippen molar-refractivity contribution in [3.8, 4) is 0 Å². The lowest BCUT2D eigenvalue weighted by Crippen LogP contribution is -2.58. The van der Waals surface area contributed by atoms with Crippen LogP contribution < -0.4 is 10.6 Å². The summed E-state index contributed by atoms with van der Waals surface area (Å²) in [6.07, 6.45) is 0. The lowest BCUT2D eigenvalue weighted by atomic mass is 9.42. The lowest BCUT2D eigenvalue weighted by Gasteiger charge is -2.60. The first-order chi connectivity index (χ1) is 16.8. The smallest absolute Gasteiger partial charge is 0.0442 e. The Hall–Kier alpha value is -3.20. The number of benzene rings is 4. The fourth-order valence-electron chi connectivity index (χ4n) is 8.07. The van der Waals surface area contributed by atoms with E-state index in [4.69, 9.17) is 0 Å². The molecule has 0 atom stereocenters. The number of nitrogens with one attached hydrogen (secondary N) is 2. The van der Waals surface area contributed by atoms with Crippen LogP contribution in [0.1, 0.15) is 56.3 Å². The fourth-order valence-corrected chi connectivity index (χ4v) is 8.07. The van der Waals surface area contributed by atoms with E-state index in [1.807, 2.05) is 0 Å². The molecule has 0 heterocycles. The summed E-state index contributed by atoms with van der Waals surface area (Å²) in [5.74, 6) is 0.474. The van der Waals surface area contributed by atoms with Crippen LogP contribution in [0.4, 0.5) is 0 Å². The molecule has 168 valence electrons. The van der Waals surface area contributed by atoms with Crippen molar-refractivity contribution in [3.63, 3.8) is 0 Å². The van der Waals surface area contributed by atoms with Gasteiger partial charge in [0.1, 0.15) is 0 Å². The molecule has 34 heavy (non-hydrogen) atoms. The third-order valence-electron chi connectivity index (χ3n) is 8.91. The molecule has 0 aromatic heterocycles. The first kappa shape index (κ1) is 20.2. The van der Waals surface area contributed by atoms with E-state index in [0.29, 0.717) is 0 Å². The van der Waals surface area contributed by atoms with Gasteiger partial charge < -0.3 is 10.6 Å². The Labute approximate surface area is 202 Å². The molecule has 0 unspecified atom stereocenters. The van der Waals surface area contributed by atoms with Crippen LogP contribution in [0.15, 0.2) is 97.1 Å². The molecule has 4 bridgehead atoms. The Bertz CT molecular complexity index is 1210. The van der Waals surface area contributed by atoms with Gasteiger partial charge in [0.05, 0.1) is 0 Å². The number of likely N-dealkylation sites (N-methyl/N-ethyl adjacent to an activating group) is 2. The third-order valence-corrected chi connectivity index (χ3v) is 8.91. The standard InChI is InChI=1S/C32H30N2/c1-33-19-31-25-15-7-3-11-21(25)30(22-12-4-8-16-26(22)31)32(20-34-2)27-17-9-5-13-23(27)29(31)24-14-6-10-18-28(24)32/h3-18,29-30,33-34H,19-20H2,1-2H3. The average molecular weight is 443 g/mol. The van der Waals surface area contributed by atoms with E-state index in [1.54, 1.807) is 0 Å². The molecule has 0 aliphatic heterocycles. The Morgan fingerprint density at radius 3 is 1.00 bits per heavy atom. The summed E-state index contributed by atoms with van der Waals surface area (Å²) < 4.78 is 0. The molecular formula is C32H30N2. The highest BCUT2D eigenvalue weighted by Gasteiger charge is 2.61. The maximum atomic E-state index is 3.65. The van der Waals surface area contributed by atoms with E-state index in [1.165, 1.54) is 44.5 Å². The van der Waals surface area contributed by atoms with Crippen LogP contribution >= 0.6 is 0 Å². The predicted molar refractivity (Wildman–Crippen MR) is 139 cm³/mol. The summed E-state index contributed by atoms with van der Waals surface area (Å²) in [5, 5.41) is 7.30. The van der Waals surface area contributed by atoms with Gasteiger partial charge in [-0.25, -0.2) is 0 Å². The minimum Gasteiger partial charge on any atom is -0.318 e.